The molecule has 0 fully saturated rings. The zero-order valence-electron chi connectivity index (χ0n) is 40.1. The third-order valence-corrected chi connectivity index (χ3v) is 17.7. The molecule has 0 aromatic heterocycles. The van der Waals surface area contributed by atoms with Gasteiger partial charge in [-0.1, -0.05) is 97.1 Å². The molecule has 29 heteroatoms. The molecule has 0 spiro atoms. The summed E-state index contributed by atoms with van der Waals surface area (Å²) < 4.78 is 347. The van der Waals surface area contributed by atoms with Crippen molar-refractivity contribution >= 4 is 47.7 Å². The third kappa shape index (κ3) is 13.4. The largest absolute Gasteiger partial charge is 0.460 e. The molecule has 6 aromatic rings. The van der Waals surface area contributed by atoms with Gasteiger partial charge in [-0.05, 0) is 96.8 Å². The van der Waals surface area contributed by atoms with Gasteiger partial charge in [0.25, 0.3) is 0 Å². The van der Waals surface area contributed by atoms with Crippen molar-refractivity contribution in [3.63, 3.8) is 0 Å². The van der Waals surface area contributed by atoms with Gasteiger partial charge in [0.05, 0.1) is 15.8 Å². The summed E-state index contributed by atoms with van der Waals surface area (Å²) in [5.41, 5.74) is -0.255. The van der Waals surface area contributed by atoms with E-state index in [2.05, 4.69) is 0 Å². The quantitative estimate of drug-likeness (QED) is 0.0528. The van der Waals surface area contributed by atoms with E-state index in [-0.39, 0.29) is 32.2 Å². The summed E-state index contributed by atoms with van der Waals surface area (Å²) in [6.07, 6.45) is -21.6. The molecule has 0 aliphatic rings. The Labute approximate surface area is 459 Å². The molecule has 446 valence electrons. The van der Waals surface area contributed by atoms with Gasteiger partial charge in [-0.25, -0.2) is 0 Å². The van der Waals surface area contributed by atoms with E-state index in [1.165, 1.54) is 48.5 Å². The van der Waals surface area contributed by atoms with Gasteiger partial charge >= 0.3 is 71.6 Å². The van der Waals surface area contributed by atoms with Gasteiger partial charge in [0, 0.05) is 33.9 Å². The van der Waals surface area contributed by atoms with Crippen LogP contribution in [-0.2, 0) is 33.9 Å². The summed E-state index contributed by atoms with van der Waals surface area (Å²) >= 11 is 0. The van der Waals surface area contributed by atoms with Crippen molar-refractivity contribution in [1.82, 2.24) is 0 Å². The number of benzene rings is 6. The fraction of sp³-hybridized carbons (Fsp3) is 0.308. The topological polar surface area (TPSA) is 0 Å². The van der Waals surface area contributed by atoms with Crippen LogP contribution in [0.2, 0.25) is 0 Å². The maximum Gasteiger partial charge on any atom is 0.460 e. The molecule has 0 bridgehead atoms. The van der Waals surface area contributed by atoms with Crippen LogP contribution in [0.25, 0.3) is 0 Å². The van der Waals surface area contributed by atoms with E-state index in [1.807, 2.05) is 48.5 Å². The number of rotatable bonds is 20. The Bertz CT molecular complexity index is 2640. The Balaban J connectivity index is 0.000000344. The first kappa shape index (κ1) is 68.5. The Hall–Kier alpha value is -4.95. The predicted octanol–water partition coefficient (Wildman–Crippen LogP) is 15.7. The number of aryl methyl sites for hydroxylation is 2. The number of halogens is 26. The summed E-state index contributed by atoms with van der Waals surface area (Å²) in [4.78, 5) is 0. The zero-order chi connectivity index (χ0) is 60.4. The van der Waals surface area contributed by atoms with Crippen LogP contribution in [0.15, 0.2) is 170 Å². The number of alkyl halides is 26. The molecule has 81 heavy (non-hydrogen) atoms. The zero-order valence-corrected chi connectivity index (χ0v) is 44.4. The summed E-state index contributed by atoms with van der Waals surface area (Å²) in [6, 6.07) is 47.1. The normalized spacial score (nSPS) is 13.9. The molecule has 0 nitrogen and oxygen atoms in total. The SMILES string of the molecule is FC(F)(F)C(F)(F)C(F)(F)C(F)(F)C(F)(F)C(F)(F)CCc1ccc([PH+](c2ccccc2)c2ccccc2)cc1.FC(F)(F)C(F)(F)C(F)(F)C(F)(F)C(F)(F)C(F)(F)CCc1ccc([PH+](c2ccccc2)c2ccccc2)cc1.[Pt]. The van der Waals surface area contributed by atoms with Gasteiger partial charge in [-0.3, -0.25) is 0 Å². The molecule has 0 heterocycles. The smallest absolute Gasteiger partial charge is 0.200 e. The number of hydrogen-bond donors (Lipinski definition) is 0. The third-order valence-electron chi connectivity index (χ3n) is 12.2. The molecular formula is C52H38F26P2Pt+2. The standard InChI is InChI=1S/2C26H18F13P.Pt/c2*27-21(28,22(29,30)23(31,32)24(33,34)25(35,36)26(37,38)39)16-15-17-11-13-20(14-12-17)40(18-7-3-1-4-8-18)19-9-5-2-6-10-19;/h2*1-14H,15-16H2;/p+2. The van der Waals surface area contributed by atoms with Crippen molar-refractivity contribution in [2.75, 3.05) is 0 Å². The van der Waals surface area contributed by atoms with Crippen LogP contribution in [-0.4, -0.2) is 71.6 Å². The average Bonchev–Trinajstić information content (AvgIpc) is 3.38. The van der Waals surface area contributed by atoms with Gasteiger partial charge < -0.3 is 0 Å². The Morgan fingerprint density at radius 2 is 0.407 bits per heavy atom. The van der Waals surface area contributed by atoms with Gasteiger partial charge in [0.2, 0.25) is 0 Å². The molecule has 0 aliphatic carbocycles. The van der Waals surface area contributed by atoms with E-state index in [4.69, 9.17) is 0 Å². The minimum Gasteiger partial charge on any atom is -0.200 e. The van der Waals surface area contributed by atoms with Crippen LogP contribution in [0.4, 0.5) is 114 Å². The second-order valence-corrected chi connectivity index (χ2v) is 22.6. The molecule has 6 rings (SSSR count). The molecule has 0 aliphatic heterocycles. The van der Waals surface area contributed by atoms with Gasteiger partial charge in [0.1, 0.15) is 31.8 Å². The van der Waals surface area contributed by atoms with Crippen molar-refractivity contribution in [3.8, 4) is 0 Å². The molecule has 0 saturated heterocycles. The second-order valence-electron chi connectivity index (χ2n) is 17.6. The van der Waals surface area contributed by atoms with Gasteiger partial charge in [-0.15, -0.1) is 0 Å². The van der Waals surface area contributed by atoms with Crippen molar-refractivity contribution in [2.24, 2.45) is 0 Å². The first-order chi connectivity index (χ1) is 36.6. The predicted molar refractivity (Wildman–Crippen MR) is 251 cm³/mol. The minimum atomic E-state index is -7.89. The van der Waals surface area contributed by atoms with Crippen molar-refractivity contribution < 1.29 is 135 Å². The average molecular weight is 1410 g/mol. The monoisotopic (exact) mass is 1410 g/mol. The molecule has 0 saturated carbocycles. The van der Waals surface area contributed by atoms with Crippen LogP contribution < -0.4 is 31.8 Å². The van der Waals surface area contributed by atoms with Crippen LogP contribution in [0.5, 0.6) is 0 Å². The van der Waals surface area contributed by atoms with E-state index in [9.17, 15) is 114 Å². The van der Waals surface area contributed by atoms with Crippen LogP contribution in [0.3, 0.4) is 0 Å². The molecule has 0 amide bonds. The summed E-state index contributed by atoms with van der Waals surface area (Å²) in [5.74, 6) is -73.5. The second kappa shape index (κ2) is 24.7. The number of hydrogen-bond acceptors (Lipinski definition) is 0. The van der Waals surface area contributed by atoms with Crippen LogP contribution in [0, 0.1) is 0 Å². The van der Waals surface area contributed by atoms with Crippen LogP contribution in [0.1, 0.15) is 24.0 Å². The van der Waals surface area contributed by atoms with E-state index in [0.717, 1.165) is 21.2 Å². The van der Waals surface area contributed by atoms with Crippen LogP contribution >= 0.6 is 15.8 Å². The van der Waals surface area contributed by atoms with E-state index in [1.54, 1.807) is 72.8 Å². The molecule has 0 unspecified atom stereocenters. The van der Waals surface area contributed by atoms with Gasteiger partial charge in [-0.2, -0.15) is 114 Å². The van der Waals surface area contributed by atoms with Crippen molar-refractivity contribution in [2.45, 2.75) is 97.3 Å². The maximum absolute atomic E-state index is 14.2. The fourth-order valence-electron chi connectivity index (χ4n) is 7.62. The van der Waals surface area contributed by atoms with Crippen molar-refractivity contribution in [3.05, 3.63) is 181 Å². The Morgan fingerprint density at radius 1 is 0.222 bits per heavy atom. The van der Waals surface area contributed by atoms with E-state index in [0.29, 0.717) is 10.6 Å². The Kier molecular flexibility index (Phi) is 20.9. The molecule has 0 radical (unpaired) electrons. The molecule has 6 aromatic carbocycles. The van der Waals surface area contributed by atoms with E-state index < -0.39 is 113 Å². The first-order valence-electron chi connectivity index (χ1n) is 22.6. The summed E-state index contributed by atoms with van der Waals surface area (Å²) in [6.45, 7) is 0. The maximum atomic E-state index is 14.2. The fourth-order valence-corrected chi connectivity index (χ4v) is 12.7. The summed E-state index contributed by atoms with van der Waals surface area (Å²) in [5, 5.41) is 5.13. The summed E-state index contributed by atoms with van der Waals surface area (Å²) in [7, 11) is -3.27. The van der Waals surface area contributed by atoms with Crippen molar-refractivity contribution in [1.29, 1.82) is 0 Å². The van der Waals surface area contributed by atoms with E-state index >= 15 is 0 Å². The molecule has 0 N–H and O–H groups in total. The first-order valence-corrected chi connectivity index (χ1v) is 25.6. The molecular weight excluding hydrogens is 1380 g/mol. The minimum absolute atomic E-state index is 0. The van der Waals surface area contributed by atoms with Gasteiger partial charge in [0.15, 0.2) is 0 Å². The molecule has 0 atom stereocenters. The Morgan fingerprint density at radius 3 is 0.605 bits per heavy atom.